The molecule has 0 saturated heterocycles. The lowest BCUT2D eigenvalue weighted by molar-refractivity contribution is -0.137. The standard InChI is InChI=1S/C28H29N7O3/c1-4-13-34(17-25(36)30-15-26(37)38)24-12-11-19(14-29-24)35-28-18(2)7-5-9-21(28)27(32-35)20-8-6-10-23-22(20)16-33(3)31-23/h5-12,14,16H,4,13,15,17H2,1-3H3,(H,30,36)(H,37,38). The number of fused-ring (bicyclic) bond motifs is 2. The molecule has 5 aromatic rings. The molecule has 0 aliphatic rings. The largest absolute Gasteiger partial charge is 0.480 e. The maximum Gasteiger partial charge on any atom is 0.322 e. The van der Waals surface area contributed by atoms with Gasteiger partial charge in [-0.15, -0.1) is 0 Å². The van der Waals surface area contributed by atoms with E-state index in [4.69, 9.17) is 10.2 Å². The minimum absolute atomic E-state index is 0.0243. The predicted octanol–water partition coefficient (Wildman–Crippen LogP) is 3.70. The van der Waals surface area contributed by atoms with Crippen molar-refractivity contribution in [3.63, 3.8) is 0 Å². The number of hydrogen-bond acceptors (Lipinski definition) is 6. The van der Waals surface area contributed by atoms with E-state index in [0.29, 0.717) is 12.4 Å². The van der Waals surface area contributed by atoms with Crippen molar-refractivity contribution in [3.8, 4) is 16.9 Å². The van der Waals surface area contributed by atoms with Crippen molar-refractivity contribution in [2.24, 2.45) is 7.05 Å². The number of benzene rings is 2. The molecule has 0 saturated carbocycles. The summed E-state index contributed by atoms with van der Waals surface area (Å²) in [5, 5.41) is 22.9. The van der Waals surface area contributed by atoms with Crippen LogP contribution >= 0.6 is 0 Å². The van der Waals surface area contributed by atoms with Crippen LogP contribution < -0.4 is 10.2 Å². The van der Waals surface area contributed by atoms with Crippen molar-refractivity contribution in [2.45, 2.75) is 20.3 Å². The van der Waals surface area contributed by atoms with E-state index in [1.54, 1.807) is 6.20 Å². The number of carbonyl (C=O) groups excluding carboxylic acids is 1. The van der Waals surface area contributed by atoms with Gasteiger partial charge in [-0.25, -0.2) is 9.67 Å². The van der Waals surface area contributed by atoms with Crippen molar-refractivity contribution < 1.29 is 14.7 Å². The van der Waals surface area contributed by atoms with Crippen LogP contribution in [0.3, 0.4) is 0 Å². The molecule has 3 heterocycles. The molecule has 10 nitrogen and oxygen atoms in total. The highest BCUT2D eigenvalue weighted by atomic mass is 16.4. The van der Waals surface area contributed by atoms with Crippen molar-refractivity contribution in [2.75, 3.05) is 24.5 Å². The third kappa shape index (κ3) is 4.80. The first-order chi connectivity index (χ1) is 18.4. The normalized spacial score (nSPS) is 11.2. The van der Waals surface area contributed by atoms with Gasteiger partial charge in [-0.05, 0) is 37.1 Å². The third-order valence-electron chi connectivity index (χ3n) is 6.39. The van der Waals surface area contributed by atoms with Crippen LogP contribution in [0.2, 0.25) is 0 Å². The van der Waals surface area contributed by atoms with Crippen LogP contribution in [0.5, 0.6) is 0 Å². The number of carbonyl (C=O) groups is 2. The minimum Gasteiger partial charge on any atom is -0.480 e. The molecule has 1 amide bonds. The summed E-state index contributed by atoms with van der Waals surface area (Å²) in [5.74, 6) is -0.812. The van der Waals surface area contributed by atoms with Gasteiger partial charge in [0.15, 0.2) is 0 Å². The van der Waals surface area contributed by atoms with E-state index in [2.05, 4.69) is 40.5 Å². The van der Waals surface area contributed by atoms with Gasteiger partial charge in [0.2, 0.25) is 5.91 Å². The van der Waals surface area contributed by atoms with Gasteiger partial charge in [0.1, 0.15) is 18.1 Å². The Bertz CT molecular complexity index is 1640. The summed E-state index contributed by atoms with van der Waals surface area (Å²) < 4.78 is 3.72. The van der Waals surface area contributed by atoms with E-state index in [9.17, 15) is 9.59 Å². The molecule has 0 bridgehead atoms. The molecule has 0 spiro atoms. The molecule has 0 radical (unpaired) electrons. The number of nitrogens with zero attached hydrogens (tertiary/aromatic N) is 6. The van der Waals surface area contributed by atoms with Crippen LogP contribution in [-0.4, -0.2) is 61.2 Å². The Morgan fingerprint density at radius 2 is 1.87 bits per heavy atom. The second-order valence-corrected chi connectivity index (χ2v) is 9.24. The number of anilines is 1. The molecule has 10 heteroatoms. The second kappa shape index (κ2) is 10.3. The van der Waals surface area contributed by atoms with Crippen LogP contribution in [0, 0.1) is 6.92 Å². The highest BCUT2D eigenvalue weighted by Gasteiger charge is 2.19. The zero-order valence-corrected chi connectivity index (χ0v) is 21.5. The molecule has 0 fully saturated rings. The summed E-state index contributed by atoms with van der Waals surface area (Å²) >= 11 is 0. The first-order valence-corrected chi connectivity index (χ1v) is 12.5. The third-order valence-corrected chi connectivity index (χ3v) is 6.39. The molecule has 194 valence electrons. The summed E-state index contributed by atoms with van der Waals surface area (Å²) in [5.41, 5.74) is 5.67. The van der Waals surface area contributed by atoms with Crippen LogP contribution in [-0.2, 0) is 16.6 Å². The Balaban J connectivity index is 1.53. The lowest BCUT2D eigenvalue weighted by Crippen LogP contribution is -2.40. The smallest absolute Gasteiger partial charge is 0.322 e. The fourth-order valence-corrected chi connectivity index (χ4v) is 4.73. The summed E-state index contributed by atoms with van der Waals surface area (Å²) in [6.07, 6.45) is 4.57. The molecule has 3 aromatic heterocycles. The fourth-order valence-electron chi connectivity index (χ4n) is 4.73. The number of amides is 1. The SMILES string of the molecule is CCCN(CC(=O)NCC(=O)O)c1ccc(-n2nc(-c3cccc4nn(C)cc34)c3cccc(C)c32)cn1. The first-order valence-electron chi connectivity index (χ1n) is 12.5. The van der Waals surface area contributed by atoms with Gasteiger partial charge in [0.25, 0.3) is 0 Å². The number of aliphatic carboxylic acids is 1. The number of aromatic nitrogens is 5. The number of rotatable bonds is 9. The zero-order valence-electron chi connectivity index (χ0n) is 21.5. The average molecular weight is 512 g/mol. The molecule has 0 aliphatic carbocycles. The molecule has 38 heavy (non-hydrogen) atoms. The Kier molecular flexibility index (Phi) is 6.78. The zero-order chi connectivity index (χ0) is 26.8. The Hall–Kier alpha value is -4.73. The van der Waals surface area contributed by atoms with Gasteiger partial charge in [-0.2, -0.15) is 10.2 Å². The number of carboxylic acid groups (broad SMARTS) is 1. The molecule has 5 rings (SSSR count). The van der Waals surface area contributed by atoms with E-state index < -0.39 is 12.5 Å². The van der Waals surface area contributed by atoms with Crippen LogP contribution in [0.15, 0.2) is 60.9 Å². The number of hydrogen-bond donors (Lipinski definition) is 2. The van der Waals surface area contributed by atoms with E-state index >= 15 is 0 Å². The molecular weight excluding hydrogens is 482 g/mol. The molecule has 2 N–H and O–H groups in total. The molecule has 0 aliphatic heterocycles. The first kappa shape index (κ1) is 24.9. The summed E-state index contributed by atoms with van der Waals surface area (Å²) in [6, 6.07) is 16.0. The fraction of sp³-hybridized carbons (Fsp3) is 0.250. The van der Waals surface area contributed by atoms with Gasteiger partial charge >= 0.3 is 5.97 Å². The van der Waals surface area contributed by atoms with Crippen molar-refractivity contribution in [3.05, 3.63) is 66.5 Å². The number of aryl methyl sites for hydroxylation is 2. The number of para-hydroxylation sites is 1. The lowest BCUT2D eigenvalue weighted by atomic mass is 10.0. The Morgan fingerprint density at radius 3 is 2.61 bits per heavy atom. The van der Waals surface area contributed by atoms with Crippen molar-refractivity contribution in [1.82, 2.24) is 29.9 Å². The van der Waals surface area contributed by atoms with Gasteiger partial charge in [-0.3, -0.25) is 14.3 Å². The van der Waals surface area contributed by atoms with E-state index in [1.165, 1.54) is 0 Å². The summed E-state index contributed by atoms with van der Waals surface area (Å²) in [4.78, 5) is 29.5. The number of nitrogens with one attached hydrogen (secondary N) is 1. The second-order valence-electron chi connectivity index (χ2n) is 9.24. The van der Waals surface area contributed by atoms with E-state index in [0.717, 1.165) is 50.7 Å². The average Bonchev–Trinajstić information content (AvgIpc) is 3.48. The summed E-state index contributed by atoms with van der Waals surface area (Å²) in [7, 11) is 1.91. The monoisotopic (exact) mass is 511 g/mol. The minimum atomic E-state index is -1.08. The molecule has 0 unspecified atom stereocenters. The van der Waals surface area contributed by atoms with Crippen molar-refractivity contribution >= 4 is 39.5 Å². The van der Waals surface area contributed by atoms with Gasteiger partial charge < -0.3 is 15.3 Å². The van der Waals surface area contributed by atoms with Crippen LogP contribution in [0.4, 0.5) is 5.82 Å². The topological polar surface area (TPSA) is 118 Å². The van der Waals surface area contributed by atoms with Gasteiger partial charge in [0.05, 0.1) is 29.5 Å². The van der Waals surface area contributed by atoms with Gasteiger partial charge in [0, 0.05) is 36.1 Å². The molecule has 0 atom stereocenters. The Labute approximate surface area is 219 Å². The molecular formula is C28H29N7O3. The number of carboxylic acids is 1. The van der Waals surface area contributed by atoms with E-state index in [-0.39, 0.29) is 12.5 Å². The predicted molar refractivity (Wildman–Crippen MR) is 146 cm³/mol. The highest BCUT2D eigenvalue weighted by Crippen LogP contribution is 2.35. The molecule has 2 aromatic carbocycles. The van der Waals surface area contributed by atoms with E-state index in [1.807, 2.05) is 64.8 Å². The van der Waals surface area contributed by atoms with Gasteiger partial charge in [-0.1, -0.05) is 37.3 Å². The maximum absolute atomic E-state index is 12.2. The number of pyridine rings is 1. The Morgan fingerprint density at radius 1 is 1.05 bits per heavy atom. The van der Waals surface area contributed by atoms with Crippen molar-refractivity contribution in [1.29, 1.82) is 0 Å². The van der Waals surface area contributed by atoms with Crippen LogP contribution in [0.25, 0.3) is 38.8 Å². The van der Waals surface area contributed by atoms with Crippen LogP contribution in [0.1, 0.15) is 18.9 Å². The lowest BCUT2D eigenvalue weighted by Gasteiger charge is -2.22. The quantitative estimate of drug-likeness (QED) is 0.310. The summed E-state index contributed by atoms with van der Waals surface area (Å²) in [6.45, 7) is 4.30. The highest BCUT2D eigenvalue weighted by molar-refractivity contribution is 6.03. The maximum atomic E-state index is 12.2.